The maximum Gasteiger partial charge on any atom is 0.417 e. The van der Waals surface area contributed by atoms with Crippen molar-refractivity contribution in [1.82, 2.24) is 4.90 Å². The number of carbonyl (C=O) groups is 3. The molecular formula is C35H42BrNO7. The molecule has 1 fully saturated rings. The molecule has 0 aliphatic carbocycles. The minimum Gasteiger partial charge on any atom is -0.461 e. The standard InChI is InChI=1S/C35H42BrNO7/c1-25(39)43-33(32-23-29(36)31(44-32)20-14-6-4-2-3-5-7-15-21-38)28(22-26-16-10-8-11-17-26)34(40)37-30(24-42-35(37)41)27-18-12-9-13-19-27/h8-13,16-19,23,28,30,33,38H,2-7,14-15,20-22,24H2,1H3/t28-,30+,33-/m1/s1. The number of furan rings is 1. The van der Waals surface area contributed by atoms with E-state index in [1.807, 2.05) is 60.7 Å². The topological polar surface area (TPSA) is 106 Å². The van der Waals surface area contributed by atoms with Gasteiger partial charge in [0.25, 0.3) is 0 Å². The lowest BCUT2D eigenvalue weighted by atomic mass is 9.90. The Hall–Kier alpha value is -3.43. The molecule has 4 rings (SSSR count). The lowest BCUT2D eigenvalue weighted by Gasteiger charge is -2.29. The Bertz CT molecular complexity index is 1340. The SMILES string of the molecule is CC(=O)O[C@@H](c1cc(Br)c(CCCCCCCCCCO)o1)[C@@H](Cc1ccccc1)C(=O)N1C(=O)OC[C@H]1c1ccccc1. The fourth-order valence-corrected chi connectivity index (χ4v) is 6.17. The van der Waals surface area contributed by atoms with Crippen molar-refractivity contribution in [3.63, 3.8) is 0 Å². The highest BCUT2D eigenvalue weighted by molar-refractivity contribution is 9.10. The van der Waals surface area contributed by atoms with E-state index in [9.17, 15) is 14.4 Å². The Morgan fingerprint density at radius 1 is 0.955 bits per heavy atom. The maximum atomic E-state index is 14.4. The molecule has 2 amide bonds. The molecule has 3 atom stereocenters. The Balaban J connectivity index is 1.55. The number of aliphatic hydroxyl groups is 1. The molecule has 1 aliphatic heterocycles. The number of hydrogen-bond donors (Lipinski definition) is 1. The van der Waals surface area contributed by atoms with Crippen LogP contribution in [0.25, 0.3) is 0 Å². The first-order valence-corrected chi connectivity index (χ1v) is 16.3. The van der Waals surface area contributed by atoms with Gasteiger partial charge in [-0.25, -0.2) is 9.69 Å². The molecule has 0 radical (unpaired) electrons. The number of halogens is 1. The normalized spacial score (nSPS) is 16.0. The van der Waals surface area contributed by atoms with Crippen molar-refractivity contribution < 1.29 is 33.4 Å². The number of aryl methyl sites for hydroxylation is 1. The van der Waals surface area contributed by atoms with Gasteiger partial charge in [0.2, 0.25) is 5.91 Å². The van der Waals surface area contributed by atoms with Crippen LogP contribution in [0.1, 0.15) is 93.1 Å². The molecule has 2 aromatic carbocycles. The molecule has 1 N–H and O–H groups in total. The highest BCUT2D eigenvalue weighted by atomic mass is 79.9. The van der Waals surface area contributed by atoms with Gasteiger partial charge in [0, 0.05) is 20.0 Å². The fourth-order valence-electron chi connectivity index (χ4n) is 5.67. The zero-order chi connectivity index (χ0) is 31.3. The number of rotatable bonds is 17. The summed E-state index contributed by atoms with van der Waals surface area (Å²) in [5.74, 6) is -0.922. The quantitative estimate of drug-likeness (QED) is 0.115. The molecule has 1 saturated heterocycles. The number of carbonyl (C=O) groups excluding carboxylic acids is 3. The van der Waals surface area contributed by atoms with E-state index < -0.39 is 36.0 Å². The van der Waals surface area contributed by atoms with Gasteiger partial charge in [-0.05, 0) is 52.4 Å². The third-order valence-electron chi connectivity index (χ3n) is 7.94. The zero-order valence-electron chi connectivity index (χ0n) is 25.3. The first-order valence-electron chi connectivity index (χ1n) is 15.5. The maximum absolute atomic E-state index is 14.4. The van der Waals surface area contributed by atoms with Crippen molar-refractivity contribution in [2.45, 2.75) is 83.3 Å². The number of hydrogen-bond acceptors (Lipinski definition) is 7. The number of amides is 2. The largest absolute Gasteiger partial charge is 0.461 e. The third kappa shape index (κ3) is 9.29. The van der Waals surface area contributed by atoms with Gasteiger partial charge in [0.15, 0.2) is 6.10 Å². The number of aliphatic hydroxyl groups excluding tert-OH is 1. The lowest BCUT2D eigenvalue weighted by molar-refractivity contribution is -0.155. The molecule has 1 aliphatic rings. The average molecular weight is 669 g/mol. The number of cyclic esters (lactones) is 1. The van der Waals surface area contributed by atoms with Gasteiger partial charge in [-0.2, -0.15) is 0 Å². The molecular weight excluding hydrogens is 626 g/mol. The van der Waals surface area contributed by atoms with E-state index in [2.05, 4.69) is 15.9 Å². The molecule has 0 saturated carbocycles. The number of benzene rings is 2. The van der Waals surface area contributed by atoms with Crippen LogP contribution >= 0.6 is 15.9 Å². The van der Waals surface area contributed by atoms with E-state index in [-0.39, 0.29) is 19.6 Å². The summed E-state index contributed by atoms with van der Waals surface area (Å²) >= 11 is 3.61. The van der Waals surface area contributed by atoms with Crippen LogP contribution in [-0.2, 0) is 31.9 Å². The van der Waals surface area contributed by atoms with E-state index in [4.69, 9.17) is 19.0 Å². The van der Waals surface area contributed by atoms with E-state index >= 15 is 0 Å². The number of imide groups is 1. The summed E-state index contributed by atoms with van der Waals surface area (Å²) in [6.45, 7) is 1.61. The minimum atomic E-state index is -1.06. The Labute approximate surface area is 267 Å². The van der Waals surface area contributed by atoms with Crippen LogP contribution in [0.5, 0.6) is 0 Å². The van der Waals surface area contributed by atoms with Gasteiger partial charge in [0.05, 0.1) is 10.4 Å². The number of unbranched alkanes of at least 4 members (excludes halogenated alkanes) is 7. The van der Waals surface area contributed by atoms with Crippen LogP contribution < -0.4 is 0 Å². The molecule has 0 spiro atoms. The van der Waals surface area contributed by atoms with Gasteiger partial charge in [-0.1, -0.05) is 99.2 Å². The summed E-state index contributed by atoms with van der Waals surface area (Å²) in [7, 11) is 0. The van der Waals surface area contributed by atoms with Gasteiger partial charge in [-0.3, -0.25) is 9.59 Å². The predicted molar refractivity (Wildman–Crippen MR) is 170 cm³/mol. The average Bonchev–Trinajstić information content (AvgIpc) is 3.60. The van der Waals surface area contributed by atoms with Gasteiger partial charge in [-0.15, -0.1) is 0 Å². The minimum absolute atomic E-state index is 0.0456. The molecule has 44 heavy (non-hydrogen) atoms. The molecule has 8 nitrogen and oxygen atoms in total. The molecule has 3 aromatic rings. The van der Waals surface area contributed by atoms with Crippen molar-refractivity contribution in [2.24, 2.45) is 5.92 Å². The second kappa shape index (κ2) is 17.2. The molecule has 0 unspecified atom stereocenters. The summed E-state index contributed by atoms with van der Waals surface area (Å²) in [4.78, 5) is 40.9. The van der Waals surface area contributed by atoms with E-state index in [1.54, 1.807) is 6.07 Å². The van der Waals surface area contributed by atoms with Crippen LogP contribution in [0.4, 0.5) is 4.79 Å². The summed E-state index contributed by atoms with van der Waals surface area (Å²) in [5.41, 5.74) is 1.64. The van der Waals surface area contributed by atoms with Crippen molar-refractivity contribution in [2.75, 3.05) is 13.2 Å². The van der Waals surface area contributed by atoms with Crippen LogP contribution in [-0.4, -0.2) is 41.2 Å². The number of ether oxygens (including phenoxy) is 2. The first-order chi connectivity index (χ1) is 21.4. The number of esters is 1. The smallest absolute Gasteiger partial charge is 0.417 e. The molecule has 1 aromatic heterocycles. The highest BCUT2D eigenvalue weighted by Crippen LogP contribution is 2.38. The van der Waals surface area contributed by atoms with E-state index in [1.165, 1.54) is 13.3 Å². The van der Waals surface area contributed by atoms with Crippen molar-refractivity contribution in [3.8, 4) is 0 Å². The van der Waals surface area contributed by atoms with Crippen LogP contribution in [0.2, 0.25) is 0 Å². The zero-order valence-corrected chi connectivity index (χ0v) is 26.9. The van der Waals surface area contributed by atoms with Crippen LogP contribution in [0, 0.1) is 5.92 Å². The summed E-state index contributed by atoms with van der Waals surface area (Å²) < 4.78 is 18.2. The van der Waals surface area contributed by atoms with Crippen molar-refractivity contribution >= 4 is 33.9 Å². The summed E-state index contributed by atoms with van der Waals surface area (Å²) in [6, 6.07) is 19.9. The predicted octanol–water partition coefficient (Wildman–Crippen LogP) is 7.88. The summed E-state index contributed by atoms with van der Waals surface area (Å²) in [6.07, 6.45) is 7.68. The van der Waals surface area contributed by atoms with Gasteiger partial charge < -0.3 is 19.0 Å². The van der Waals surface area contributed by atoms with Gasteiger partial charge in [0.1, 0.15) is 24.2 Å². The van der Waals surface area contributed by atoms with Crippen LogP contribution in [0.3, 0.4) is 0 Å². The second-order valence-corrected chi connectivity index (χ2v) is 12.1. The molecule has 236 valence electrons. The second-order valence-electron chi connectivity index (χ2n) is 11.3. The Kier molecular flexibility index (Phi) is 13.1. The van der Waals surface area contributed by atoms with E-state index in [0.29, 0.717) is 12.2 Å². The fraction of sp³-hybridized carbons (Fsp3) is 0.457. The lowest BCUT2D eigenvalue weighted by Crippen LogP contribution is -2.42. The Morgan fingerprint density at radius 2 is 1.57 bits per heavy atom. The highest BCUT2D eigenvalue weighted by Gasteiger charge is 2.46. The monoisotopic (exact) mass is 667 g/mol. The van der Waals surface area contributed by atoms with E-state index in [0.717, 1.165) is 71.2 Å². The molecule has 0 bridgehead atoms. The third-order valence-corrected chi connectivity index (χ3v) is 8.61. The summed E-state index contributed by atoms with van der Waals surface area (Å²) in [5, 5.41) is 8.91. The molecule has 9 heteroatoms. The van der Waals surface area contributed by atoms with Crippen LogP contribution in [0.15, 0.2) is 75.6 Å². The van der Waals surface area contributed by atoms with Crippen molar-refractivity contribution in [3.05, 3.63) is 93.9 Å². The Morgan fingerprint density at radius 3 is 2.20 bits per heavy atom. The molecule has 2 heterocycles. The first kappa shape index (κ1) is 33.5. The van der Waals surface area contributed by atoms with Gasteiger partial charge >= 0.3 is 12.1 Å². The number of nitrogens with zero attached hydrogens (tertiary/aromatic N) is 1. The van der Waals surface area contributed by atoms with Crippen molar-refractivity contribution in [1.29, 1.82) is 0 Å².